The summed E-state index contributed by atoms with van der Waals surface area (Å²) in [6.45, 7) is 4.39. The number of hydrogen-bond donors (Lipinski definition) is 1. The van der Waals surface area contributed by atoms with Crippen LogP contribution in [-0.4, -0.2) is 55.8 Å². The van der Waals surface area contributed by atoms with Crippen molar-refractivity contribution in [2.75, 3.05) is 26.2 Å². The van der Waals surface area contributed by atoms with Crippen molar-refractivity contribution >= 4 is 15.9 Å². The standard InChI is InChI=1S/C19H29N3O3S/c1-15-8-11-22(17(12-15)14-20)19(23)16-6-5-7-18(13-16)26(24,25)21-9-3-2-4-10-21/h5-7,13,15,17H,2-4,8-12,14,20H2,1H3. The monoisotopic (exact) mass is 379 g/mol. The zero-order chi connectivity index (χ0) is 18.7. The van der Waals surface area contributed by atoms with Crippen molar-refractivity contribution in [3.8, 4) is 0 Å². The predicted molar refractivity (Wildman–Crippen MR) is 101 cm³/mol. The third-order valence-corrected chi connectivity index (χ3v) is 7.44. The van der Waals surface area contributed by atoms with Gasteiger partial charge in [-0.25, -0.2) is 8.42 Å². The predicted octanol–water partition coefficient (Wildman–Crippen LogP) is 2.06. The molecule has 0 spiro atoms. The van der Waals surface area contributed by atoms with Crippen molar-refractivity contribution in [3.05, 3.63) is 29.8 Å². The van der Waals surface area contributed by atoms with Crippen LogP contribution in [0.4, 0.5) is 0 Å². The fourth-order valence-electron chi connectivity index (χ4n) is 3.95. The van der Waals surface area contributed by atoms with E-state index in [1.54, 1.807) is 18.2 Å². The van der Waals surface area contributed by atoms with Gasteiger partial charge in [-0.05, 0) is 49.8 Å². The van der Waals surface area contributed by atoms with Crippen LogP contribution in [0.25, 0.3) is 0 Å². The lowest BCUT2D eigenvalue weighted by Crippen LogP contribution is -2.49. The lowest BCUT2D eigenvalue weighted by atomic mass is 9.92. The number of piperidine rings is 2. The molecule has 7 heteroatoms. The Morgan fingerprint density at radius 2 is 1.92 bits per heavy atom. The fourth-order valence-corrected chi connectivity index (χ4v) is 5.52. The summed E-state index contributed by atoms with van der Waals surface area (Å²) in [5.74, 6) is 0.432. The van der Waals surface area contributed by atoms with E-state index < -0.39 is 10.0 Å². The maximum atomic E-state index is 13.0. The van der Waals surface area contributed by atoms with Gasteiger partial charge in [0.25, 0.3) is 5.91 Å². The molecule has 2 fully saturated rings. The topological polar surface area (TPSA) is 83.7 Å². The minimum absolute atomic E-state index is 0.0219. The molecule has 2 N–H and O–H groups in total. The van der Waals surface area contributed by atoms with Crippen molar-refractivity contribution in [3.63, 3.8) is 0 Å². The summed E-state index contributed by atoms with van der Waals surface area (Å²) in [6, 6.07) is 6.49. The van der Waals surface area contributed by atoms with E-state index in [0.717, 1.165) is 32.1 Å². The van der Waals surface area contributed by atoms with E-state index in [1.807, 2.05) is 4.90 Å². The number of nitrogens with zero attached hydrogens (tertiary/aromatic N) is 2. The van der Waals surface area contributed by atoms with Crippen molar-refractivity contribution in [1.82, 2.24) is 9.21 Å². The van der Waals surface area contributed by atoms with Crippen LogP contribution in [-0.2, 0) is 10.0 Å². The number of benzene rings is 1. The number of hydrogen-bond acceptors (Lipinski definition) is 4. The Morgan fingerprint density at radius 3 is 2.62 bits per heavy atom. The van der Waals surface area contributed by atoms with Gasteiger partial charge in [-0.2, -0.15) is 4.31 Å². The van der Waals surface area contributed by atoms with Crippen LogP contribution < -0.4 is 5.73 Å². The first-order valence-corrected chi connectivity index (χ1v) is 11.0. The third kappa shape index (κ3) is 3.94. The second-order valence-electron chi connectivity index (χ2n) is 7.51. The van der Waals surface area contributed by atoms with Gasteiger partial charge in [0.2, 0.25) is 10.0 Å². The van der Waals surface area contributed by atoms with Crippen LogP contribution in [0.15, 0.2) is 29.2 Å². The van der Waals surface area contributed by atoms with Crippen molar-refractivity contribution in [2.24, 2.45) is 11.7 Å². The Labute approximate surface area is 156 Å². The second kappa shape index (κ2) is 8.06. The first kappa shape index (κ1) is 19.3. The van der Waals surface area contributed by atoms with Gasteiger partial charge in [0.15, 0.2) is 0 Å². The molecule has 2 unspecified atom stereocenters. The molecule has 0 bridgehead atoms. The smallest absolute Gasteiger partial charge is 0.254 e. The largest absolute Gasteiger partial charge is 0.334 e. The van der Waals surface area contributed by atoms with Gasteiger partial charge in [0, 0.05) is 37.8 Å². The fraction of sp³-hybridized carbons (Fsp3) is 0.632. The van der Waals surface area contributed by atoms with E-state index in [1.165, 1.54) is 10.4 Å². The van der Waals surface area contributed by atoms with Crippen LogP contribution in [0.1, 0.15) is 49.4 Å². The second-order valence-corrected chi connectivity index (χ2v) is 9.45. The SMILES string of the molecule is CC1CCN(C(=O)c2cccc(S(=O)(=O)N3CCCCC3)c2)C(CN)C1. The van der Waals surface area contributed by atoms with Gasteiger partial charge < -0.3 is 10.6 Å². The Balaban J connectivity index is 1.83. The molecule has 1 amide bonds. The van der Waals surface area contributed by atoms with E-state index in [9.17, 15) is 13.2 Å². The van der Waals surface area contributed by atoms with E-state index in [0.29, 0.717) is 37.7 Å². The minimum atomic E-state index is -3.54. The maximum absolute atomic E-state index is 13.0. The normalized spacial score (nSPS) is 25.2. The quantitative estimate of drug-likeness (QED) is 0.868. The minimum Gasteiger partial charge on any atom is -0.334 e. The number of likely N-dealkylation sites (tertiary alicyclic amines) is 1. The summed E-state index contributed by atoms with van der Waals surface area (Å²) < 4.78 is 27.3. The number of carbonyl (C=O) groups excluding carboxylic acids is 1. The molecule has 2 heterocycles. The Hall–Kier alpha value is -1.44. The Morgan fingerprint density at radius 1 is 1.19 bits per heavy atom. The molecule has 2 atom stereocenters. The average molecular weight is 380 g/mol. The molecule has 0 radical (unpaired) electrons. The van der Waals surface area contributed by atoms with Gasteiger partial charge in [-0.15, -0.1) is 0 Å². The van der Waals surface area contributed by atoms with E-state index in [4.69, 9.17) is 5.73 Å². The zero-order valence-electron chi connectivity index (χ0n) is 15.4. The van der Waals surface area contributed by atoms with Gasteiger partial charge in [0.05, 0.1) is 4.90 Å². The number of carbonyl (C=O) groups is 1. The molecule has 2 aliphatic rings. The number of nitrogens with two attached hydrogens (primary N) is 1. The summed E-state index contributed by atoms with van der Waals surface area (Å²) >= 11 is 0. The van der Waals surface area contributed by atoms with Crippen LogP contribution in [0.5, 0.6) is 0 Å². The van der Waals surface area contributed by atoms with E-state index >= 15 is 0 Å². The van der Waals surface area contributed by atoms with Crippen LogP contribution >= 0.6 is 0 Å². The molecule has 6 nitrogen and oxygen atoms in total. The van der Waals surface area contributed by atoms with Crippen LogP contribution in [0.3, 0.4) is 0 Å². The first-order chi connectivity index (χ1) is 12.4. The molecule has 3 rings (SSSR count). The molecule has 26 heavy (non-hydrogen) atoms. The van der Waals surface area contributed by atoms with Crippen molar-refractivity contribution < 1.29 is 13.2 Å². The summed E-state index contributed by atoms with van der Waals surface area (Å²) in [6.07, 6.45) is 4.70. The van der Waals surface area contributed by atoms with E-state index in [-0.39, 0.29) is 16.8 Å². The lowest BCUT2D eigenvalue weighted by molar-refractivity contribution is 0.0573. The van der Waals surface area contributed by atoms with E-state index in [2.05, 4.69) is 6.92 Å². The summed E-state index contributed by atoms with van der Waals surface area (Å²) in [5, 5.41) is 0. The van der Waals surface area contributed by atoms with Gasteiger partial charge in [-0.3, -0.25) is 4.79 Å². The van der Waals surface area contributed by atoms with Gasteiger partial charge in [0.1, 0.15) is 0 Å². The van der Waals surface area contributed by atoms with Gasteiger partial charge in [-0.1, -0.05) is 19.4 Å². The lowest BCUT2D eigenvalue weighted by Gasteiger charge is -2.38. The Bertz CT molecular complexity index is 744. The number of sulfonamides is 1. The van der Waals surface area contributed by atoms with Gasteiger partial charge >= 0.3 is 0 Å². The highest BCUT2D eigenvalue weighted by atomic mass is 32.2. The highest BCUT2D eigenvalue weighted by molar-refractivity contribution is 7.89. The van der Waals surface area contributed by atoms with Crippen LogP contribution in [0.2, 0.25) is 0 Å². The zero-order valence-corrected chi connectivity index (χ0v) is 16.2. The number of rotatable bonds is 4. The Kier molecular flexibility index (Phi) is 5.99. The molecule has 1 aromatic rings. The summed E-state index contributed by atoms with van der Waals surface area (Å²) in [7, 11) is -3.54. The molecule has 2 aliphatic heterocycles. The molecule has 144 valence electrons. The molecule has 0 aliphatic carbocycles. The molecule has 0 aromatic heterocycles. The molecular formula is C19H29N3O3S. The summed E-state index contributed by atoms with van der Waals surface area (Å²) in [5.41, 5.74) is 6.30. The maximum Gasteiger partial charge on any atom is 0.254 e. The first-order valence-electron chi connectivity index (χ1n) is 9.54. The highest BCUT2D eigenvalue weighted by Gasteiger charge is 2.31. The number of amides is 1. The summed E-state index contributed by atoms with van der Waals surface area (Å²) in [4.78, 5) is 15.0. The molecule has 0 saturated carbocycles. The molecule has 2 saturated heterocycles. The average Bonchev–Trinajstić information content (AvgIpc) is 2.68. The third-order valence-electron chi connectivity index (χ3n) is 5.54. The van der Waals surface area contributed by atoms with Crippen LogP contribution in [0, 0.1) is 5.92 Å². The van der Waals surface area contributed by atoms with Crippen molar-refractivity contribution in [2.45, 2.75) is 50.0 Å². The molecule has 1 aromatic carbocycles. The van der Waals surface area contributed by atoms with Crippen molar-refractivity contribution in [1.29, 1.82) is 0 Å². The highest BCUT2D eigenvalue weighted by Crippen LogP contribution is 2.25. The molecular weight excluding hydrogens is 350 g/mol.